The molecule has 0 aliphatic rings. The van der Waals surface area contributed by atoms with Crippen LogP contribution in [0.15, 0.2) is 12.7 Å². The highest BCUT2D eigenvalue weighted by Gasteiger charge is 1.97. The van der Waals surface area contributed by atoms with Gasteiger partial charge in [-0.3, -0.25) is 0 Å². The van der Waals surface area contributed by atoms with Gasteiger partial charge in [0.1, 0.15) is 0 Å². The van der Waals surface area contributed by atoms with Crippen molar-refractivity contribution >= 4 is 0 Å². The Morgan fingerprint density at radius 3 is 2.90 bits per heavy atom. The summed E-state index contributed by atoms with van der Waals surface area (Å²) in [6.45, 7) is 7.14. The van der Waals surface area contributed by atoms with Crippen LogP contribution in [0.2, 0.25) is 0 Å². The molecule has 0 rings (SSSR count). The van der Waals surface area contributed by atoms with Gasteiger partial charge in [-0.1, -0.05) is 13.0 Å². The van der Waals surface area contributed by atoms with E-state index in [1.165, 1.54) is 0 Å². The molecule has 0 bridgehead atoms. The molecular formula is C8H17NO. The average Bonchev–Trinajstić information content (AvgIpc) is 1.89. The van der Waals surface area contributed by atoms with Gasteiger partial charge in [-0.25, -0.2) is 0 Å². The minimum absolute atomic E-state index is 0.129. The van der Waals surface area contributed by atoms with Crippen LogP contribution in [0.3, 0.4) is 0 Å². The van der Waals surface area contributed by atoms with Crippen LogP contribution in [0, 0.1) is 0 Å². The van der Waals surface area contributed by atoms with Gasteiger partial charge in [-0.15, -0.1) is 6.58 Å². The van der Waals surface area contributed by atoms with Gasteiger partial charge in [0.05, 0.1) is 6.61 Å². The van der Waals surface area contributed by atoms with Crippen molar-refractivity contribution in [1.82, 2.24) is 0 Å². The van der Waals surface area contributed by atoms with Gasteiger partial charge >= 0.3 is 0 Å². The second-order valence-corrected chi connectivity index (χ2v) is 2.36. The fourth-order valence-corrected chi connectivity index (χ4v) is 0.661. The van der Waals surface area contributed by atoms with E-state index in [1.54, 1.807) is 0 Å². The Labute approximate surface area is 63.1 Å². The third-order valence-electron chi connectivity index (χ3n) is 1.15. The Morgan fingerprint density at radius 2 is 2.40 bits per heavy atom. The molecule has 1 unspecified atom stereocenters. The summed E-state index contributed by atoms with van der Waals surface area (Å²) >= 11 is 0. The lowest BCUT2D eigenvalue weighted by atomic mass is 10.2. The van der Waals surface area contributed by atoms with E-state index in [4.69, 9.17) is 10.5 Å². The monoisotopic (exact) mass is 143 g/mol. The quantitative estimate of drug-likeness (QED) is 0.449. The fourth-order valence-electron chi connectivity index (χ4n) is 0.661. The first-order valence-electron chi connectivity index (χ1n) is 3.75. The number of ether oxygens (including phenoxy) is 1. The van der Waals surface area contributed by atoms with Crippen molar-refractivity contribution in [2.45, 2.75) is 25.8 Å². The Balaban J connectivity index is 3.04. The smallest absolute Gasteiger partial charge is 0.0620 e. The summed E-state index contributed by atoms with van der Waals surface area (Å²) in [5.41, 5.74) is 5.63. The van der Waals surface area contributed by atoms with Crippen molar-refractivity contribution < 1.29 is 4.74 Å². The Hall–Kier alpha value is -0.340. The minimum Gasteiger partial charge on any atom is -0.380 e. The fraction of sp³-hybridized carbons (Fsp3) is 0.750. The van der Waals surface area contributed by atoms with Crippen LogP contribution in [0.5, 0.6) is 0 Å². The van der Waals surface area contributed by atoms with E-state index in [9.17, 15) is 0 Å². The average molecular weight is 143 g/mol. The summed E-state index contributed by atoms with van der Waals surface area (Å²) in [7, 11) is 0. The van der Waals surface area contributed by atoms with Crippen molar-refractivity contribution in [3.05, 3.63) is 12.7 Å². The lowest BCUT2D eigenvalue weighted by molar-refractivity contribution is 0.122. The molecule has 0 aromatic carbocycles. The first-order chi connectivity index (χ1) is 4.81. The van der Waals surface area contributed by atoms with Crippen molar-refractivity contribution in [2.24, 2.45) is 5.73 Å². The molecule has 2 N–H and O–H groups in total. The number of hydrogen-bond acceptors (Lipinski definition) is 2. The van der Waals surface area contributed by atoms with E-state index >= 15 is 0 Å². The minimum atomic E-state index is 0.129. The highest BCUT2D eigenvalue weighted by Crippen LogP contribution is 1.90. The third kappa shape index (κ3) is 5.79. The molecule has 1 atom stereocenters. The molecule has 2 heteroatoms. The van der Waals surface area contributed by atoms with Gasteiger partial charge in [0.25, 0.3) is 0 Å². The predicted molar refractivity (Wildman–Crippen MR) is 43.9 cm³/mol. The van der Waals surface area contributed by atoms with Crippen LogP contribution in [0.1, 0.15) is 19.8 Å². The second-order valence-electron chi connectivity index (χ2n) is 2.36. The zero-order chi connectivity index (χ0) is 7.82. The molecule has 0 spiro atoms. The SMILES string of the molecule is C=CCC(N)COCCC. The van der Waals surface area contributed by atoms with Gasteiger partial charge in [0.2, 0.25) is 0 Å². The second kappa shape index (κ2) is 6.78. The standard InChI is InChI=1S/C8H17NO/c1-3-5-8(9)7-10-6-4-2/h3,8H,1,4-7,9H2,2H3. The first-order valence-corrected chi connectivity index (χ1v) is 3.75. The molecule has 0 radical (unpaired) electrons. The van der Waals surface area contributed by atoms with Crippen LogP contribution in [-0.2, 0) is 4.74 Å². The molecule has 0 aliphatic heterocycles. The lowest BCUT2D eigenvalue weighted by Crippen LogP contribution is -2.25. The summed E-state index contributed by atoms with van der Waals surface area (Å²) in [6, 6.07) is 0.129. The molecule has 0 saturated carbocycles. The van der Waals surface area contributed by atoms with E-state index in [-0.39, 0.29) is 6.04 Å². The van der Waals surface area contributed by atoms with E-state index < -0.39 is 0 Å². The summed E-state index contributed by atoms with van der Waals surface area (Å²) in [4.78, 5) is 0. The zero-order valence-electron chi connectivity index (χ0n) is 6.68. The Bertz CT molecular complexity index is 83.3. The highest BCUT2D eigenvalue weighted by molar-refractivity contribution is 4.74. The molecule has 60 valence electrons. The summed E-state index contributed by atoms with van der Waals surface area (Å²) in [5.74, 6) is 0. The predicted octanol–water partition coefficient (Wildman–Crippen LogP) is 1.32. The number of hydrogen-bond donors (Lipinski definition) is 1. The highest BCUT2D eigenvalue weighted by atomic mass is 16.5. The van der Waals surface area contributed by atoms with Crippen LogP contribution < -0.4 is 5.73 Å². The molecule has 0 fully saturated rings. The van der Waals surface area contributed by atoms with Gasteiger partial charge in [-0.2, -0.15) is 0 Å². The largest absolute Gasteiger partial charge is 0.380 e. The lowest BCUT2D eigenvalue weighted by Gasteiger charge is -2.08. The van der Waals surface area contributed by atoms with Crippen molar-refractivity contribution in [1.29, 1.82) is 0 Å². The zero-order valence-corrected chi connectivity index (χ0v) is 6.68. The molecular weight excluding hydrogens is 126 g/mol. The molecule has 0 aromatic heterocycles. The summed E-state index contributed by atoms with van der Waals surface area (Å²) in [5, 5.41) is 0. The Morgan fingerprint density at radius 1 is 1.70 bits per heavy atom. The van der Waals surface area contributed by atoms with Crippen molar-refractivity contribution in [3.63, 3.8) is 0 Å². The number of rotatable bonds is 6. The van der Waals surface area contributed by atoms with Gasteiger partial charge in [0, 0.05) is 12.6 Å². The van der Waals surface area contributed by atoms with Crippen LogP contribution in [-0.4, -0.2) is 19.3 Å². The van der Waals surface area contributed by atoms with Crippen LogP contribution >= 0.6 is 0 Å². The maximum absolute atomic E-state index is 5.63. The molecule has 10 heavy (non-hydrogen) atoms. The normalized spacial score (nSPS) is 13.0. The summed E-state index contributed by atoms with van der Waals surface area (Å²) in [6.07, 6.45) is 3.71. The molecule has 0 heterocycles. The van der Waals surface area contributed by atoms with Crippen LogP contribution in [0.25, 0.3) is 0 Å². The Kier molecular flexibility index (Phi) is 6.55. The molecule has 0 amide bonds. The van der Waals surface area contributed by atoms with Crippen molar-refractivity contribution in [2.75, 3.05) is 13.2 Å². The van der Waals surface area contributed by atoms with Gasteiger partial charge in [-0.05, 0) is 12.8 Å². The van der Waals surface area contributed by atoms with E-state index in [0.717, 1.165) is 19.4 Å². The molecule has 2 nitrogen and oxygen atoms in total. The topological polar surface area (TPSA) is 35.2 Å². The van der Waals surface area contributed by atoms with Crippen molar-refractivity contribution in [3.8, 4) is 0 Å². The van der Waals surface area contributed by atoms with E-state index in [2.05, 4.69) is 13.5 Å². The third-order valence-corrected chi connectivity index (χ3v) is 1.15. The first kappa shape index (κ1) is 9.66. The maximum Gasteiger partial charge on any atom is 0.0620 e. The molecule has 0 saturated heterocycles. The van der Waals surface area contributed by atoms with E-state index in [0.29, 0.717) is 6.61 Å². The molecule has 0 aromatic rings. The molecule has 0 aliphatic carbocycles. The maximum atomic E-state index is 5.63. The van der Waals surface area contributed by atoms with Gasteiger partial charge < -0.3 is 10.5 Å². The van der Waals surface area contributed by atoms with E-state index in [1.807, 2.05) is 6.08 Å². The number of nitrogens with two attached hydrogens (primary N) is 1. The van der Waals surface area contributed by atoms with Gasteiger partial charge in [0.15, 0.2) is 0 Å². The van der Waals surface area contributed by atoms with Crippen LogP contribution in [0.4, 0.5) is 0 Å². The summed E-state index contributed by atoms with van der Waals surface area (Å²) < 4.78 is 5.22.